The minimum Gasteiger partial charge on any atom is 0 e. The fourth-order valence-corrected chi connectivity index (χ4v) is 0. The van der Waals surface area contributed by atoms with Gasteiger partial charge in [-0.05, 0) is 0 Å². The second kappa shape index (κ2) is 29.3. The molecule has 5 heteroatoms. The van der Waals surface area contributed by atoms with E-state index in [1.54, 1.807) is 0 Å². The van der Waals surface area contributed by atoms with Crippen LogP contribution in [0.15, 0.2) is 0 Å². The van der Waals surface area contributed by atoms with Gasteiger partial charge in [-0.2, -0.15) is 0 Å². The van der Waals surface area contributed by atoms with Gasteiger partial charge < -0.3 is 0 Å². The second-order valence-electron chi connectivity index (χ2n) is 0. The van der Waals surface area contributed by atoms with Crippen LogP contribution in [0.25, 0.3) is 0 Å². The summed E-state index contributed by atoms with van der Waals surface area (Å²) in [6, 6.07) is 0. The molecule has 0 rings (SSSR count). The van der Waals surface area contributed by atoms with Crippen LogP contribution in [0, 0.1) is 0 Å². The van der Waals surface area contributed by atoms with Gasteiger partial charge in [-0.3, -0.25) is 0 Å². The van der Waals surface area contributed by atoms with Crippen molar-refractivity contribution in [2.24, 2.45) is 0 Å². The van der Waals surface area contributed by atoms with Crippen LogP contribution in [0.5, 0.6) is 0 Å². The summed E-state index contributed by atoms with van der Waals surface area (Å²) < 4.78 is 8.34. The van der Waals surface area contributed by atoms with Gasteiger partial charge in [-0.15, -0.1) is 0 Å². The summed E-state index contributed by atoms with van der Waals surface area (Å²) in [6.45, 7) is 0. The molecule has 0 heterocycles. The molecule has 20 valence electrons. The van der Waals surface area contributed by atoms with E-state index in [9.17, 15) is 0 Å². The molecule has 0 unspecified atom stereocenters. The molecule has 1 nitrogen and oxygen atoms in total. The van der Waals surface area contributed by atoms with E-state index in [2.05, 4.69) is 0 Å². The molecule has 0 fully saturated rings. The molecule has 0 amide bonds. The Morgan fingerprint density at radius 1 is 1.20 bits per heavy atom. The van der Waals surface area contributed by atoms with E-state index in [1.165, 1.54) is 0 Å². The minimum absolute atomic E-state index is 0. The molecule has 0 bridgehead atoms. The van der Waals surface area contributed by atoms with Crippen LogP contribution in [0.2, 0.25) is 0 Å². The van der Waals surface area contributed by atoms with E-state index in [0.29, 0.717) is 22.5 Å². The van der Waals surface area contributed by atoms with Gasteiger partial charge >= 0.3 is 45.4 Å². The van der Waals surface area contributed by atoms with E-state index in [0.717, 1.165) is 0 Å². The first-order chi connectivity index (χ1) is 1.00. The standard InChI is InChI=1S/Cd.Ga.O.Sn.Zn.3H. The van der Waals surface area contributed by atoms with E-state index in [1.807, 2.05) is 0 Å². The van der Waals surface area contributed by atoms with Crippen molar-refractivity contribution in [2.45, 2.75) is 0 Å². The van der Waals surface area contributed by atoms with Gasteiger partial charge in [0.25, 0.3) is 0 Å². The molecule has 0 saturated heterocycles. The Balaban J connectivity index is -0.00000000167. The Bertz CT molecular complexity index is 11.6. The summed E-state index contributed by atoms with van der Waals surface area (Å²) in [7, 11) is 0. The van der Waals surface area contributed by atoms with E-state index in [4.69, 9.17) is 3.08 Å². The Labute approximate surface area is 90.5 Å². The molecule has 0 spiro atoms. The Morgan fingerprint density at radius 2 is 1.20 bits per heavy atom. The van der Waals surface area contributed by atoms with Crippen LogP contribution in [-0.4, -0.2) is 42.3 Å². The SMILES string of the molecule is [Cd].[GaH3].[O]=[Sn].[Zn]. The van der Waals surface area contributed by atoms with Gasteiger partial charge in [-0.25, -0.2) is 0 Å². The number of hydrogen-bond acceptors (Lipinski definition) is 1. The third-order valence-electron chi connectivity index (χ3n) is 0. The van der Waals surface area contributed by atoms with Crippen LogP contribution in [0.3, 0.4) is 0 Å². The third kappa shape index (κ3) is 20.0. The van der Waals surface area contributed by atoms with Gasteiger partial charge in [0, 0.05) is 46.8 Å². The first kappa shape index (κ1) is 25.0. The van der Waals surface area contributed by atoms with Crippen molar-refractivity contribution in [3.05, 3.63) is 0 Å². The minimum atomic E-state index is 0. The molecule has 0 N–H and O–H groups in total. The smallest absolute Gasteiger partial charge is 0 e. The molecule has 0 aromatic rings. The predicted octanol–water partition coefficient (Wildman–Crippen LogP) is -1.69. The maximum atomic E-state index is 8.34. The first-order valence-electron chi connectivity index (χ1n) is 0.204. The fraction of sp³-hybridized carbons (Fsp3) is 0. The molecular formula is H3CdGaOSnZn. The van der Waals surface area contributed by atoms with Crippen molar-refractivity contribution < 1.29 is 49.9 Å². The molecule has 5 heavy (non-hydrogen) atoms. The maximum Gasteiger partial charge on any atom is 0 e. The Kier molecular flexibility index (Phi) is 147. The van der Waals surface area contributed by atoms with Crippen molar-refractivity contribution in [3.8, 4) is 0 Å². The molecule has 2 radical (unpaired) electrons. The molecule has 0 aromatic heterocycles. The molecule has 0 aliphatic heterocycles. The summed E-state index contributed by atoms with van der Waals surface area (Å²) in [6.07, 6.45) is 0. The summed E-state index contributed by atoms with van der Waals surface area (Å²) in [5.41, 5.74) is 0. The van der Waals surface area contributed by atoms with Gasteiger partial charge in [0.15, 0.2) is 0 Å². The number of rotatable bonds is 0. The van der Waals surface area contributed by atoms with E-state index >= 15 is 0 Å². The first-order valence-corrected chi connectivity index (χ1v) is 1.37. The molecule has 0 aliphatic rings. The predicted molar refractivity (Wildman–Crippen MR) is 16.4 cm³/mol. The maximum absolute atomic E-state index is 8.34. The summed E-state index contributed by atoms with van der Waals surface area (Å²) in [4.78, 5) is 0. The van der Waals surface area contributed by atoms with E-state index < -0.39 is 0 Å². The number of hydrogen-bond donors (Lipinski definition) is 0. The largest absolute Gasteiger partial charge is 0 e. The Hall–Kier alpha value is 2.78. The quantitative estimate of drug-likeness (QED) is 0.455. The van der Waals surface area contributed by atoms with Crippen LogP contribution in [0.1, 0.15) is 0 Å². The van der Waals surface area contributed by atoms with Crippen LogP contribution in [-0.2, 0) is 49.9 Å². The van der Waals surface area contributed by atoms with Crippen molar-refractivity contribution >= 4 is 42.3 Å². The van der Waals surface area contributed by atoms with Gasteiger partial charge in [0.1, 0.15) is 0 Å². The normalized spacial score (nSPS) is 0.800. The summed E-state index contributed by atoms with van der Waals surface area (Å²) in [5, 5.41) is 0. The zero-order valence-corrected chi connectivity index (χ0v) is 12.2. The third-order valence-corrected chi connectivity index (χ3v) is 0. The summed E-state index contributed by atoms with van der Waals surface area (Å²) >= 11 is 0.300. The zero-order valence-electron chi connectivity index (χ0n) is 2.32. The molecule has 0 saturated carbocycles. The van der Waals surface area contributed by atoms with Gasteiger partial charge in [0.2, 0.25) is 0 Å². The van der Waals surface area contributed by atoms with Crippen LogP contribution < -0.4 is 0 Å². The van der Waals surface area contributed by atoms with Crippen molar-refractivity contribution in [1.82, 2.24) is 0 Å². The zero-order chi connectivity index (χ0) is 2.00. The molecular weight excluding hydrogens is 382 g/mol. The topological polar surface area (TPSA) is 17.1 Å². The fourth-order valence-electron chi connectivity index (χ4n) is 0. The van der Waals surface area contributed by atoms with Crippen molar-refractivity contribution in [2.75, 3.05) is 0 Å². The van der Waals surface area contributed by atoms with E-state index in [-0.39, 0.29) is 66.6 Å². The van der Waals surface area contributed by atoms with Gasteiger partial charge in [0.05, 0.1) is 0 Å². The molecule has 0 aromatic carbocycles. The molecule has 0 aliphatic carbocycles. The average Bonchev–Trinajstić information content (AvgIpc) is 1.00. The van der Waals surface area contributed by atoms with Gasteiger partial charge in [-0.1, -0.05) is 0 Å². The second-order valence-corrected chi connectivity index (χ2v) is 0. The van der Waals surface area contributed by atoms with Crippen molar-refractivity contribution in [1.29, 1.82) is 0 Å². The average molecular weight is 385 g/mol. The summed E-state index contributed by atoms with van der Waals surface area (Å²) in [5.74, 6) is 0. The van der Waals surface area contributed by atoms with Crippen LogP contribution >= 0.6 is 0 Å². The Morgan fingerprint density at radius 3 is 1.20 bits per heavy atom. The van der Waals surface area contributed by atoms with Crippen LogP contribution in [0.4, 0.5) is 0 Å². The molecule has 0 atom stereocenters. The monoisotopic (exact) mass is 386 g/mol. The van der Waals surface area contributed by atoms with Crippen molar-refractivity contribution in [3.63, 3.8) is 0 Å².